The number of carbonyl (C=O) groups is 3. The van der Waals surface area contributed by atoms with Crippen molar-refractivity contribution in [1.82, 2.24) is 20.3 Å². The largest absolute Gasteiger partial charge is 0.354 e. The van der Waals surface area contributed by atoms with E-state index in [1.54, 1.807) is 12.1 Å². The highest BCUT2D eigenvalue weighted by Crippen LogP contribution is 2.09. The molecule has 2 rings (SSSR count). The van der Waals surface area contributed by atoms with Gasteiger partial charge < -0.3 is 10.6 Å². The number of sulfonamides is 1. The monoisotopic (exact) mass is 368 g/mol. The number of urea groups is 1. The molecule has 0 aliphatic carbocycles. The van der Waals surface area contributed by atoms with Crippen LogP contribution >= 0.6 is 0 Å². The van der Waals surface area contributed by atoms with E-state index in [9.17, 15) is 22.8 Å². The van der Waals surface area contributed by atoms with Crippen molar-refractivity contribution >= 4 is 27.9 Å². The number of nitrogens with zero attached hydrogens (tertiary/aromatic N) is 1. The molecule has 0 atom stereocenters. The summed E-state index contributed by atoms with van der Waals surface area (Å²) in [5.74, 6) is -0.933. The van der Waals surface area contributed by atoms with E-state index in [0.717, 1.165) is 10.5 Å². The van der Waals surface area contributed by atoms with E-state index in [2.05, 4.69) is 15.4 Å². The van der Waals surface area contributed by atoms with Crippen LogP contribution in [0.3, 0.4) is 0 Å². The topological polar surface area (TPSA) is 125 Å². The fraction of sp³-hybridized carbons (Fsp3) is 0.400. The molecule has 0 unspecified atom stereocenters. The molecule has 1 aliphatic heterocycles. The van der Waals surface area contributed by atoms with E-state index in [1.165, 1.54) is 12.1 Å². The number of imide groups is 1. The van der Waals surface area contributed by atoms with Crippen molar-refractivity contribution in [2.45, 2.75) is 18.2 Å². The third-order valence-corrected chi connectivity index (χ3v) is 5.01. The van der Waals surface area contributed by atoms with Crippen LogP contribution in [-0.4, -0.2) is 57.3 Å². The van der Waals surface area contributed by atoms with Gasteiger partial charge in [-0.25, -0.2) is 17.9 Å². The van der Waals surface area contributed by atoms with Crippen molar-refractivity contribution in [1.29, 1.82) is 0 Å². The summed E-state index contributed by atoms with van der Waals surface area (Å²) < 4.78 is 26.6. The highest BCUT2D eigenvalue weighted by Gasteiger charge is 2.29. The Bertz CT molecular complexity index is 745. The third-order valence-electron chi connectivity index (χ3n) is 3.54. The summed E-state index contributed by atoms with van der Waals surface area (Å²) in [7, 11) is -3.58. The van der Waals surface area contributed by atoms with E-state index < -0.39 is 27.9 Å². The summed E-state index contributed by atoms with van der Waals surface area (Å²) in [5, 5.41) is 4.85. The zero-order chi connectivity index (χ0) is 18.4. The minimum atomic E-state index is -3.58. The molecule has 1 heterocycles. The summed E-state index contributed by atoms with van der Waals surface area (Å²) in [6, 6.07) is 5.88. The smallest absolute Gasteiger partial charge is 0.325 e. The van der Waals surface area contributed by atoms with Crippen LogP contribution < -0.4 is 15.4 Å². The Hall–Kier alpha value is -2.46. The number of carbonyl (C=O) groups excluding carboxylic acids is 3. The summed E-state index contributed by atoms with van der Waals surface area (Å²) in [5.41, 5.74) is 0.965. The highest BCUT2D eigenvalue weighted by molar-refractivity contribution is 7.89. The molecule has 1 saturated heterocycles. The van der Waals surface area contributed by atoms with Crippen molar-refractivity contribution in [2.75, 3.05) is 26.2 Å². The number of hydrogen-bond donors (Lipinski definition) is 3. The second-order valence-electron chi connectivity index (χ2n) is 5.55. The van der Waals surface area contributed by atoms with Crippen LogP contribution in [0.5, 0.6) is 0 Å². The van der Waals surface area contributed by atoms with Crippen LogP contribution in [0.15, 0.2) is 29.2 Å². The SMILES string of the molecule is Cc1ccc(S(=O)(=O)NCCCNC(=O)CN2C(=O)CNC2=O)cc1. The maximum Gasteiger partial charge on any atom is 0.325 e. The van der Waals surface area contributed by atoms with E-state index in [4.69, 9.17) is 0 Å². The normalized spacial score (nSPS) is 14.5. The zero-order valence-corrected chi connectivity index (χ0v) is 14.6. The molecule has 0 aromatic heterocycles. The molecule has 1 fully saturated rings. The van der Waals surface area contributed by atoms with Crippen LogP contribution in [0.1, 0.15) is 12.0 Å². The van der Waals surface area contributed by atoms with E-state index >= 15 is 0 Å². The van der Waals surface area contributed by atoms with Gasteiger partial charge in [-0.1, -0.05) is 17.7 Å². The van der Waals surface area contributed by atoms with Gasteiger partial charge >= 0.3 is 6.03 Å². The van der Waals surface area contributed by atoms with Crippen molar-refractivity contribution in [2.24, 2.45) is 0 Å². The van der Waals surface area contributed by atoms with Gasteiger partial charge in [-0.05, 0) is 25.5 Å². The maximum absolute atomic E-state index is 12.1. The van der Waals surface area contributed by atoms with Gasteiger partial charge in [0.2, 0.25) is 15.9 Å². The van der Waals surface area contributed by atoms with Crippen LogP contribution in [-0.2, 0) is 19.6 Å². The van der Waals surface area contributed by atoms with Gasteiger partial charge in [-0.3, -0.25) is 14.5 Å². The molecule has 0 bridgehead atoms. The highest BCUT2D eigenvalue weighted by atomic mass is 32.2. The molecule has 0 radical (unpaired) electrons. The number of nitrogens with one attached hydrogen (secondary N) is 3. The maximum atomic E-state index is 12.1. The van der Waals surface area contributed by atoms with Crippen molar-refractivity contribution in [3.63, 3.8) is 0 Å². The molecule has 136 valence electrons. The Morgan fingerprint density at radius 2 is 1.88 bits per heavy atom. The number of aryl methyl sites for hydroxylation is 1. The van der Waals surface area contributed by atoms with Gasteiger partial charge in [0.15, 0.2) is 0 Å². The first-order valence-corrected chi connectivity index (χ1v) is 9.19. The number of amides is 4. The summed E-state index contributed by atoms with van der Waals surface area (Å²) in [4.78, 5) is 35.3. The molecular weight excluding hydrogens is 348 g/mol. The average molecular weight is 368 g/mol. The standard InChI is InChI=1S/C15H20N4O5S/c1-11-3-5-12(6-4-11)25(23,24)18-8-2-7-16-13(20)10-19-14(21)9-17-15(19)22/h3-6,18H,2,7-10H2,1H3,(H,16,20)(H,17,22). The van der Waals surface area contributed by atoms with Gasteiger partial charge in [0.05, 0.1) is 11.4 Å². The van der Waals surface area contributed by atoms with Gasteiger partial charge in [0.1, 0.15) is 6.54 Å². The van der Waals surface area contributed by atoms with Crippen LogP contribution in [0.2, 0.25) is 0 Å². The van der Waals surface area contributed by atoms with Crippen molar-refractivity contribution in [3.8, 4) is 0 Å². The Morgan fingerprint density at radius 3 is 2.48 bits per heavy atom. The lowest BCUT2D eigenvalue weighted by Gasteiger charge is -2.12. The third kappa shape index (κ3) is 5.26. The Kier molecular flexibility index (Phi) is 6.10. The first-order chi connectivity index (χ1) is 11.8. The first-order valence-electron chi connectivity index (χ1n) is 7.71. The lowest BCUT2D eigenvalue weighted by molar-refractivity contribution is -0.130. The molecule has 10 heteroatoms. The van der Waals surface area contributed by atoms with E-state index in [1.807, 2.05) is 6.92 Å². The summed E-state index contributed by atoms with van der Waals surface area (Å²) in [6.45, 7) is 1.79. The number of rotatable bonds is 8. The first kappa shape index (κ1) is 18.9. The fourth-order valence-electron chi connectivity index (χ4n) is 2.14. The van der Waals surface area contributed by atoms with Crippen LogP contribution in [0, 0.1) is 6.92 Å². The Balaban J connectivity index is 1.69. The molecule has 9 nitrogen and oxygen atoms in total. The second kappa shape index (κ2) is 8.08. The van der Waals surface area contributed by atoms with Gasteiger partial charge in [0, 0.05) is 13.1 Å². The van der Waals surface area contributed by atoms with Crippen LogP contribution in [0.4, 0.5) is 4.79 Å². The van der Waals surface area contributed by atoms with Crippen LogP contribution in [0.25, 0.3) is 0 Å². The lowest BCUT2D eigenvalue weighted by atomic mass is 10.2. The quantitative estimate of drug-likeness (QED) is 0.415. The minimum absolute atomic E-state index is 0.104. The van der Waals surface area contributed by atoms with Gasteiger partial charge in [0.25, 0.3) is 5.91 Å². The zero-order valence-electron chi connectivity index (χ0n) is 13.7. The minimum Gasteiger partial charge on any atom is -0.354 e. The summed E-state index contributed by atoms with van der Waals surface area (Å²) >= 11 is 0. The average Bonchev–Trinajstić information content (AvgIpc) is 2.87. The lowest BCUT2D eigenvalue weighted by Crippen LogP contribution is -2.41. The summed E-state index contributed by atoms with van der Waals surface area (Å²) in [6.07, 6.45) is 0.372. The Labute approximate surface area is 145 Å². The fourth-order valence-corrected chi connectivity index (χ4v) is 3.21. The predicted molar refractivity (Wildman–Crippen MR) is 89.1 cm³/mol. The van der Waals surface area contributed by atoms with E-state index in [0.29, 0.717) is 6.42 Å². The van der Waals surface area contributed by atoms with Crippen molar-refractivity contribution < 1.29 is 22.8 Å². The molecule has 1 aliphatic rings. The molecule has 1 aromatic carbocycles. The van der Waals surface area contributed by atoms with Gasteiger partial charge in [-0.2, -0.15) is 0 Å². The molecular formula is C15H20N4O5S. The molecule has 1 aromatic rings. The number of hydrogen-bond acceptors (Lipinski definition) is 5. The molecule has 3 N–H and O–H groups in total. The molecule has 4 amide bonds. The predicted octanol–water partition coefficient (Wildman–Crippen LogP) is -0.669. The Morgan fingerprint density at radius 1 is 1.20 bits per heavy atom. The second-order valence-corrected chi connectivity index (χ2v) is 7.32. The number of benzene rings is 1. The van der Waals surface area contributed by atoms with Crippen molar-refractivity contribution in [3.05, 3.63) is 29.8 Å². The molecule has 0 saturated carbocycles. The van der Waals surface area contributed by atoms with E-state index in [-0.39, 0.29) is 31.1 Å². The molecule has 0 spiro atoms. The van der Waals surface area contributed by atoms with Gasteiger partial charge in [-0.15, -0.1) is 0 Å². The molecule has 25 heavy (non-hydrogen) atoms.